The molecule has 0 saturated heterocycles. The number of hydrogen-bond acceptors (Lipinski definition) is 1. The highest BCUT2D eigenvalue weighted by Gasteiger charge is 2.37. The quantitative estimate of drug-likeness (QED) is 0.746. The van der Waals surface area contributed by atoms with Gasteiger partial charge in [0.1, 0.15) is 0 Å². The van der Waals surface area contributed by atoms with Crippen LogP contribution in [0, 0.1) is 5.92 Å². The number of benzene rings is 1. The molecule has 2 atom stereocenters. The van der Waals surface area contributed by atoms with E-state index in [-0.39, 0.29) is 5.56 Å². The van der Waals surface area contributed by atoms with E-state index in [0.717, 1.165) is 31.5 Å². The normalized spacial score (nSPS) is 23.1. The van der Waals surface area contributed by atoms with Crippen molar-refractivity contribution in [2.45, 2.75) is 32.1 Å². The fraction of sp³-hybridized carbons (Fsp3) is 0.571. The third kappa shape index (κ3) is 3.25. The molecule has 1 aliphatic carbocycles. The van der Waals surface area contributed by atoms with Gasteiger partial charge in [-0.2, -0.15) is 0 Å². The number of rotatable bonds is 6. The molecule has 1 fully saturated rings. The Kier molecular flexibility index (Phi) is 4.11. The minimum Gasteiger partial charge on any atom is -0.316 e. The van der Waals surface area contributed by atoms with Crippen LogP contribution >= 0.6 is 0 Å². The van der Waals surface area contributed by atoms with Crippen molar-refractivity contribution >= 4 is 0 Å². The third-order valence-corrected chi connectivity index (χ3v) is 3.35. The Labute approximate surface area is 101 Å². The molecule has 94 valence electrons. The second kappa shape index (κ2) is 5.58. The molecule has 1 N–H and O–H groups in total. The molecule has 0 amide bonds. The summed E-state index contributed by atoms with van der Waals surface area (Å²) in [6.07, 6.45) is -0.0906. The first-order valence-electron chi connectivity index (χ1n) is 6.31. The molecular formula is C14H19F2N. The van der Waals surface area contributed by atoms with Gasteiger partial charge in [-0.25, -0.2) is 8.78 Å². The van der Waals surface area contributed by atoms with Gasteiger partial charge in [0.05, 0.1) is 0 Å². The lowest BCUT2D eigenvalue weighted by Crippen LogP contribution is -2.17. The molecular weight excluding hydrogens is 220 g/mol. The maximum atomic E-state index is 12.6. The van der Waals surface area contributed by atoms with Crippen molar-refractivity contribution in [2.75, 3.05) is 13.1 Å². The highest BCUT2D eigenvalue weighted by atomic mass is 19.3. The van der Waals surface area contributed by atoms with Crippen molar-refractivity contribution in [3.8, 4) is 0 Å². The van der Waals surface area contributed by atoms with Gasteiger partial charge in [0.15, 0.2) is 0 Å². The van der Waals surface area contributed by atoms with Crippen LogP contribution in [0.3, 0.4) is 0 Å². The van der Waals surface area contributed by atoms with E-state index in [1.54, 1.807) is 12.1 Å². The summed E-state index contributed by atoms with van der Waals surface area (Å²) in [5, 5.41) is 3.39. The smallest absolute Gasteiger partial charge is 0.263 e. The highest BCUT2D eigenvalue weighted by Crippen LogP contribution is 2.47. The van der Waals surface area contributed by atoms with Gasteiger partial charge in [-0.15, -0.1) is 0 Å². The molecule has 0 bridgehead atoms. The summed E-state index contributed by atoms with van der Waals surface area (Å²) in [7, 11) is 0. The minimum absolute atomic E-state index is 0.148. The van der Waals surface area contributed by atoms with E-state index < -0.39 is 6.43 Å². The Bertz CT molecular complexity index is 365. The maximum absolute atomic E-state index is 12.6. The van der Waals surface area contributed by atoms with Crippen LogP contribution < -0.4 is 5.32 Å². The molecule has 3 heteroatoms. The molecule has 2 rings (SSSR count). The van der Waals surface area contributed by atoms with Gasteiger partial charge >= 0.3 is 0 Å². The molecule has 1 aromatic carbocycles. The predicted octanol–water partition coefficient (Wildman–Crippen LogP) is 3.73. The fourth-order valence-corrected chi connectivity index (χ4v) is 2.27. The molecule has 2 unspecified atom stereocenters. The second-order valence-electron chi connectivity index (χ2n) is 4.78. The topological polar surface area (TPSA) is 12.0 Å². The zero-order valence-electron chi connectivity index (χ0n) is 10.1. The summed E-state index contributed by atoms with van der Waals surface area (Å²) in [6.45, 7) is 4.20. The molecule has 1 nitrogen and oxygen atoms in total. The molecule has 17 heavy (non-hydrogen) atoms. The summed E-state index contributed by atoms with van der Waals surface area (Å²) in [5.41, 5.74) is 1.22. The van der Waals surface area contributed by atoms with E-state index in [0.29, 0.717) is 11.8 Å². The Morgan fingerprint density at radius 1 is 1.41 bits per heavy atom. The van der Waals surface area contributed by atoms with Gasteiger partial charge in [0, 0.05) is 5.56 Å². The van der Waals surface area contributed by atoms with E-state index in [4.69, 9.17) is 0 Å². The van der Waals surface area contributed by atoms with Gasteiger partial charge in [-0.3, -0.25) is 0 Å². The molecule has 0 heterocycles. The summed E-state index contributed by atoms with van der Waals surface area (Å²) < 4.78 is 25.1. The standard InChI is InChI=1S/C14H19F2N/c1-2-6-17-9-12-8-13(12)10-4-3-5-11(7-10)14(15)16/h3-5,7,12-14,17H,2,6,8-9H2,1H3. The van der Waals surface area contributed by atoms with Gasteiger partial charge in [0.2, 0.25) is 0 Å². The van der Waals surface area contributed by atoms with Crippen molar-refractivity contribution in [3.63, 3.8) is 0 Å². The number of halogens is 2. The zero-order chi connectivity index (χ0) is 12.3. The van der Waals surface area contributed by atoms with Crippen molar-refractivity contribution in [2.24, 2.45) is 5.92 Å². The van der Waals surface area contributed by atoms with Crippen molar-refractivity contribution in [1.82, 2.24) is 5.32 Å². The third-order valence-electron chi connectivity index (χ3n) is 3.35. The van der Waals surface area contributed by atoms with E-state index in [1.807, 2.05) is 6.07 Å². The Hall–Kier alpha value is -0.960. The predicted molar refractivity (Wildman–Crippen MR) is 65.4 cm³/mol. The van der Waals surface area contributed by atoms with Crippen molar-refractivity contribution in [1.29, 1.82) is 0 Å². The van der Waals surface area contributed by atoms with E-state index in [1.165, 1.54) is 6.07 Å². The molecule has 0 aromatic heterocycles. The molecule has 1 saturated carbocycles. The second-order valence-corrected chi connectivity index (χ2v) is 4.78. The fourth-order valence-electron chi connectivity index (χ4n) is 2.27. The minimum atomic E-state index is -2.36. The van der Waals surface area contributed by atoms with Crippen LogP contribution in [0.25, 0.3) is 0 Å². The highest BCUT2D eigenvalue weighted by molar-refractivity contribution is 5.31. The first-order valence-corrected chi connectivity index (χ1v) is 6.31. The average Bonchev–Trinajstić information content (AvgIpc) is 3.09. The largest absolute Gasteiger partial charge is 0.316 e. The molecule has 1 aliphatic rings. The summed E-state index contributed by atoms with van der Waals surface area (Å²) in [4.78, 5) is 0. The molecule has 0 radical (unpaired) electrons. The maximum Gasteiger partial charge on any atom is 0.263 e. The van der Waals surface area contributed by atoms with E-state index in [2.05, 4.69) is 12.2 Å². The van der Waals surface area contributed by atoms with Crippen LogP contribution in [0.2, 0.25) is 0 Å². The van der Waals surface area contributed by atoms with Crippen LogP contribution in [-0.2, 0) is 0 Å². The molecule has 0 aliphatic heterocycles. The Morgan fingerprint density at radius 2 is 2.24 bits per heavy atom. The van der Waals surface area contributed by atoms with Crippen molar-refractivity contribution < 1.29 is 8.78 Å². The van der Waals surface area contributed by atoms with Crippen molar-refractivity contribution in [3.05, 3.63) is 35.4 Å². The number of hydrogen-bond donors (Lipinski definition) is 1. The van der Waals surface area contributed by atoms with Gasteiger partial charge in [0.25, 0.3) is 6.43 Å². The van der Waals surface area contributed by atoms with Crippen LogP contribution in [0.15, 0.2) is 24.3 Å². The monoisotopic (exact) mass is 239 g/mol. The average molecular weight is 239 g/mol. The van der Waals surface area contributed by atoms with Gasteiger partial charge in [-0.05, 0) is 49.4 Å². The summed E-state index contributed by atoms with van der Waals surface area (Å²) in [5.74, 6) is 1.12. The summed E-state index contributed by atoms with van der Waals surface area (Å²) >= 11 is 0. The van der Waals surface area contributed by atoms with Crippen LogP contribution in [0.5, 0.6) is 0 Å². The lowest BCUT2D eigenvalue weighted by Gasteiger charge is -2.05. The van der Waals surface area contributed by atoms with E-state index >= 15 is 0 Å². The first kappa shape index (κ1) is 12.5. The van der Waals surface area contributed by atoms with E-state index in [9.17, 15) is 8.78 Å². The Morgan fingerprint density at radius 3 is 2.94 bits per heavy atom. The van der Waals surface area contributed by atoms with Crippen LogP contribution in [-0.4, -0.2) is 13.1 Å². The molecule has 0 spiro atoms. The summed E-state index contributed by atoms with van der Waals surface area (Å²) in [6, 6.07) is 6.87. The SMILES string of the molecule is CCCNCC1CC1c1cccc(C(F)F)c1. The Balaban J connectivity index is 1.89. The molecule has 1 aromatic rings. The van der Waals surface area contributed by atoms with Crippen LogP contribution in [0.4, 0.5) is 8.78 Å². The number of nitrogens with one attached hydrogen (secondary N) is 1. The number of alkyl halides is 2. The zero-order valence-corrected chi connectivity index (χ0v) is 10.1. The van der Waals surface area contributed by atoms with Gasteiger partial charge in [-0.1, -0.05) is 25.1 Å². The lowest BCUT2D eigenvalue weighted by molar-refractivity contribution is 0.151. The lowest BCUT2D eigenvalue weighted by atomic mass is 10.1. The van der Waals surface area contributed by atoms with Gasteiger partial charge < -0.3 is 5.32 Å². The van der Waals surface area contributed by atoms with Crippen LogP contribution in [0.1, 0.15) is 43.2 Å². The first-order chi connectivity index (χ1) is 8.22.